The first-order chi connectivity index (χ1) is 17.3. The molecule has 2 N–H and O–H groups in total. The zero-order valence-corrected chi connectivity index (χ0v) is 20.4. The first kappa shape index (κ1) is 24.9. The summed E-state index contributed by atoms with van der Waals surface area (Å²) in [5, 5.41) is 2.52. The van der Waals surface area contributed by atoms with Gasteiger partial charge in [-0.25, -0.2) is 17.9 Å². The van der Waals surface area contributed by atoms with Crippen molar-refractivity contribution in [3.8, 4) is 17.2 Å². The highest BCUT2D eigenvalue weighted by Gasteiger charge is 2.28. The summed E-state index contributed by atoms with van der Waals surface area (Å²) in [5.74, 6) is 1.10. The predicted molar refractivity (Wildman–Crippen MR) is 132 cm³/mol. The van der Waals surface area contributed by atoms with E-state index in [4.69, 9.17) is 14.2 Å². The fourth-order valence-corrected chi connectivity index (χ4v) is 4.54. The van der Waals surface area contributed by atoms with Crippen LogP contribution in [0.15, 0.2) is 77.7 Å². The number of ether oxygens (including phenoxy) is 3. The van der Waals surface area contributed by atoms with E-state index in [-0.39, 0.29) is 18.1 Å². The third kappa shape index (κ3) is 5.69. The first-order valence-electron chi connectivity index (χ1n) is 11.0. The Hall–Kier alpha value is -4.25. The summed E-state index contributed by atoms with van der Waals surface area (Å²) in [5.41, 5.74) is 1.31. The number of fused-ring (bicyclic) bond motifs is 1. The largest absolute Gasteiger partial charge is 0.497 e. The zero-order chi connectivity index (χ0) is 25.7. The molecule has 36 heavy (non-hydrogen) atoms. The van der Waals surface area contributed by atoms with E-state index >= 15 is 0 Å². The Morgan fingerprint density at radius 1 is 1.00 bits per heavy atom. The van der Waals surface area contributed by atoms with Crippen molar-refractivity contribution >= 4 is 27.6 Å². The van der Waals surface area contributed by atoms with E-state index in [9.17, 15) is 18.0 Å². The Labute approximate surface area is 208 Å². The minimum atomic E-state index is -4.18. The molecule has 1 aliphatic rings. The van der Waals surface area contributed by atoms with Gasteiger partial charge in [0.1, 0.15) is 11.8 Å². The van der Waals surface area contributed by atoms with Gasteiger partial charge in [0.2, 0.25) is 12.7 Å². The molecule has 0 bridgehead atoms. The minimum absolute atomic E-state index is 0.0947. The van der Waals surface area contributed by atoms with E-state index < -0.39 is 28.0 Å². The standard InChI is InChI=1S/C25H25N3O7S/c1-28(18-8-13-22-23(15-18)35-16-34-22)24(29)21(14-17-6-4-3-5-7-17)26-25(30)27-36(31,32)20-11-9-19(33-2)10-12-20/h3-13,15,21H,14,16H2,1-2H3,(H2,26,27,30). The van der Waals surface area contributed by atoms with Crippen LogP contribution in [0.5, 0.6) is 17.2 Å². The van der Waals surface area contributed by atoms with Gasteiger partial charge >= 0.3 is 6.03 Å². The molecule has 0 aromatic heterocycles. The third-order valence-corrected chi connectivity index (χ3v) is 6.90. The average Bonchev–Trinajstić information content (AvgIpc) is 3.36. The van der Waals surface area contributed by atoms with Gasteiger partial charge in [-0.3, -0.25) is 4.79 Å². The van der Waals surface area contributed by atoms with Gasteiger partial charge in [-0.2, -0.15) is 0 Å². The summed E-state index contributed by atoms with van der Waals surface area (Å²) >= 11 is 0. The Kier molecular flexibility index (Phi) is 7.30. The smallest absolute Gasteiger partial charge is 0.329 e. The fourth-order valence-electron chi connectivity index (χ4n) is 3.63. The van der Waals surface area contributed by atoms with Crippen molar-refractivity contribution < 1.29 is 32.2 Å². The zero-order valence-electron chi connectivity index (χ0n) is 19.6. The van der Waals surface area contributed by atoms with Gasteiger partial charge in [-0.1, -0.05) is 30.3 Å². The highest BCUT2D eigenvalue weighted by Crippen LogP contribution is 2.35. The molecule has 1 heterocycles. The average molecular weight is 512 g/mol. The summed E-state index contributed by atoms with van der Waals surface area (Å²) in [4.78, 5) is 27.4. The first-order valence-corrected chi connectivity index (χ1v) is 12.4. The number of carbonyl (C=O) groups is 2. The lowest BCUT2D eigenvalue weighted by molar-refractivity contribution is -0.120. The Bertz CT molecular complexity index is 1350. The molecule has 0 saturated carbocycles. The number of benzene rings is 3. The topological polar surface area (TPSA) is 123 Å². The van der Waals surface area contributed by atoms with Crippen LogP contribution < -0.4 is 29.1 Å². The second kappa shape index (κ2) is 10.6. The number of rotatable bonds is 8. The molecule has 11 heteroatoms. The molecule has 3 amide bonds. The van der Waals surface area contributed by atoms with Gasteiger partial charge in [0.05, 0.1) is 12.0 Å². The lowest BCUT2D eigenvalue weighted by Gasteiger charge is -2.25. The van der Waals surface area contributed by atoms with Crippen LogP contribution in [-0.4, -0.2) is 47.3 Å². The molecule has 0 saturated heterocycles. The van der Waals surface area contributed by atoms with Crippen molar-refractivity contribution in [2.24, 2.45) is 0 Å². The number of amides is 3. The van der Waals surface area contributed by atoms with Crippen molar-refractivity contribution in [3.05, 3.63) is 78.4 Å². The molecular weight excluding hydrogens is 486 g/mol. The van der Waals surface area contributed by atoms with Crippen molar-refractivity contribution in [3.63, 3.8) is 0 Å². The molecule has 188 valence electrons. The Balaban J connectivity index is 1.52. The molecule has 0 aliphatic carbocycles. The van der Waals surface area contributed by atoms with E-state index in [1.807, 2.05) is 35.1 Å². The maximum Gasteiger partial charge on any atom is 0.329 e. The molecule has 0 radical (unpaired) electrons. The van der Waals surface area contributed by atoms with Gasteiger partial charge < -0.3 is 24.4 Å². The van der Waals surface area contributed by atoms with Crippen molar-refractivity contribution in [1.29, 1.82) is 0 Å². The fraction of sp³-hybridized carbons (Fsp3) is 0.200. The summed E-state index contributed by atoms with van der Waals surface area (Å²) in [6.45, 7) is 0.0947. The van der Waals surface area contributed by atoms with E-state index in [0.717, 1.165) is 5.56 Å². The summed E-state index contributed by atoms with van der Waals surface area (Å²) in [6.07, 6.45) is 0.143. The number of carbonyl (C=O) groups excluding carboxylic acids is 2. The Morgan fingerprint density at radius 2 is 1.69 bits per heavy atom. The van der Waals surface area contributed by atoms with Crippen LogP contribution >= 0.6 is 0 Å². The van der Waals surface area contributed by atoms with Crippen LogP contribution in [-0.2, 0) is 21.2 Å². The maximum atomic E-state index is 13.4. The molecule has 3 aromatic rings. The van der Waals surface area contributed by atoms with Crippen LogP contribution in [0.3, 0.4) is 0 Å². The second-order valence-electron chi connectivity index (χ2n) is 7.93. The summed E-state index contributed by atoms with van der Waals surface area (Å²) in [7, 11) is -1.16. The maximum absolute atomic E-state index is 13.4. The third-order valence-electron chi connectivity index (χ3n) is 5.56. The van der Waals surface area contributed by atoms with Gasteiger partial charge in [0, 0.05) is 25.2 Å². The molecule has 1 unspecified atom stereocenters. The van der Waals surface area contributed by atoms with E-state index in [1.165, 1.54) is 36.3 Å². The number of methoxy groups -OCH3 is 1. The Morgan fingerprint density at radius 3 is 2.39 bits per heavy atom. The quantitative estimate of drug-likeness (QED) is 0.477. The number of anilines is 1. The minimum Gasteiger partial charge on any atom is -0.497 e. The molecular formula is C25H25N3O7S. The number of hydrogen-bond donors (Lipinski definition) is 2. The number of sulfonamides is 1. The van der Waals surface area contributed by atoms with Crippen molar-refractivity contribution in [2.45, 2.75) is 17.4 Å². The SMILES string of the molecule is COc1ccc(S(=O)(=O)NC(=O)NC(Cc2ccccc2)C(=O)N(C)c2ccc3c(c2)OCO3)cc1. The second-order valence-corrected chi connectivity index (χ2v) is 9.61. The van der Waals surface area contributed by atoms with E-state index in [1.54, 1.807) is 25.2 Å². The normalized spacial score (nSPS) is 12.9. The van der Waals surface area contributed by atoms with Crippen molar-refractivity contribution in [2.75, 3.05) is 25.9 Å². The highest BCUT2D eigenvalue weighted by molar-refractivity contribution is 7.90. The number of likely N-dealkylation sites (N-methyl/N-ethyl adjacent to an activating group) is 1. The predicted octanol–water partition coefficient (Wildman–Crippen LogP) is 2.69. The number of urea groups is 1. The van der Waals surface area contributed by atoms with Gasteiger partial charge in [-0.05, 0) is 42.0 Å². The highest BCUT2D eigenvalue weighted by atomic mass is 32.2. The lowest BCUT2D eigenvalue weighted by Crippen LogP contribution is -2.52. The molecule has 0 spiro atoms. The summed E-state index contributed by atoms with van der Waals surface area (Å²) < 4.78 is 43.1. The van der Waals surface area contributed by atoms with Crippen LogP contribution in [0.25, 0.3) is 0 Å². The van der Waals surface area contributed by atoms with Crippen molar-refractivity contribution in [1.82, 2.24) is 10.0 Å². The van der Waals surface area contributed by atoms with Crippen LogP contribution in [0, 0.1) is 0 Å². The molecule has 4 rings (SSSR count). The van der Waals surface area contributed by atoms with Gasteiger partial charge in [0.25, 0.3) is 10.0 Å². The monoisotopic (exact) mass is 511 g/mol. The number of nitrogens with one attached hydrogen (secondary N) is 2. The van der Waals surface area contributed by atoms with Gasteiger partial charge in [0.15, 0.2) is 11.5 Å². The van der Waals surface area contributed by atoms with Gasteiger partial charge in [-0.15, -0.1) is 0 Å². The van der Waals surface area contributed by atoms with Crippen LogP contribution in [0.1, 0.15) is 5.56 Å². The molecule has 0 fully saturated rings. The number of hydrogen-bond acceptors (Lipinski definition) is 7. The lowest BCUT2D eigenvalue weighted by atomic mass is 10.0. The molecule has 1 aliphatic heterocycles. The van der Waals surface area contributed by atoms with E-state index in [2.05, 4.69) is 5.32 Å². The molecule has 1 atom stereocenters. The molecule has 3 aromatic carbocycles. The summed E-state index contributed by atoms with van der Waals surface area (Å²) in [6, 6.07) is 17.6. The number of nitrogens with zero attached hydrogens (tertiary/aromatic N) is 1. The molecule has 10 nitrogen and oxygen atoms in total. The van der Waals surface area contributed by atoms with Crippen LogP contribution in [0.4, 0.5) is 10.5 Å². The van der Waals surface area contributed by atoms with E-state index in [0.29, 0.717) is 22.9 Å². The van der Waals surface area contributed by atoms with Crippen LogP contribution in [0.2, 0.25) is 0 Å².